The summed E-state index contributed by atoms with van der Waals surface area (Å²) in [5.41, 5.74) is 2.54. The molecule has 2 saturated heterocycles. The van der Waals surface area contributed by atoms with Crippen molar-refractivity contribution in [3.05, 3.63) is 71.3 Å². The van der Waals surface area contributed by atoms with Gasteiger partial charge >= 0.3 is 5.97 Å². The maximum atomic E-state index is 11.0. The number of aromatic carboxylic acids is 1. The molecule has 2 bridgehead atoms. The van der Waals surface area contributed by atoms with E-state index in [-0.39, 0.29) is 18.1 Å². The van der Waals surface area contributed by atoms with E-state index in [0.29, 0.717) is 18.1 Å². The van der Waals surface area contributed by atoms with Gasteiger partial charge in [0.1, 0.15) is 6.61 Å². The molecule has 4 unspecified atom stereocenters. The van der Waals surface area contributed by atoms with Crippen molar-refractivity contribution in [3.63, 3.8) is 0 Å². The Morgan fingerprint density at radius 3 is 2.56 bits per heavy atom. The lowest BCUT2D eigenvalue weighted by Gasteiger charge is -2.25. The molecular formula is C22H23NO4. The Morgan fingerprint density at radius 1 is 1.07 bits per heavy atom. The summed E-state index contributed by atoms with van der Waals surface area (Å²) in [4.78, 5) is 16.5. The van der Waals surface area contributed by atoms with E-state index in [1.54, 1.807) is 12.1 Å². The van der Waals surface area contributed by atoms with Crippen LogP contribution in [0.3, 0.4) is 0 Å². The fourth-order valence-electron chi connectivity index (χ4n) is 4.14. The average molecular weight is 365 g/mol. The number of rotatable bonds is 7. The van der Waals surface area contributed by atoms with Crippen LogP contribution in [-0.2, 0) is 22.6 Å². The van der Waals surface area contributed by atoms with E-state index in [2.05, 4.69) is 5.16 Å². The fraction of sp³-hybridized carbons (Fsp3) is 0.364. The Labute approximate surface area is 158 Å². The topological polar surface area (TPSA) is 68.1 Å². The Kier molecular flexibility index (Phi) is 5.21. The highest BCUT2D eigenvalue weighted by atomic mass is 16.6. The van der Waals surface area contributed by atoms with Crippen LogP contribution in [0.4, 0.5) is 0 Å². The molecule has 0 aromatic heterocycles. The van der Waals surface area contributed by atoms with Gasteiger partial charge in [-0.25, -0.2) is 4.79 Å². The number of nitrogens with zero attached hydrogens (tertiary/aromatic N) is 1. The van der Waals surface area contributed by atoms with Crippen molar-refractivity contribution in [2.24, 2.45) is 17.0 Å². The first-order valence-corrected chi connectivity index (χ1v) is 9.38. The van der Waals surface area contributed by atoms with Crippen LogP contribution in [0.25, 0.3) is 0 Å². The Bertz CT molecular complexity index is 803. The van der Waals surface area contributed by atoms with Gasteiger partial charge in [-0.3, -0.25) is 0 Å². The Hall–Kier alpha value is -2.66. The lowest BCUT2D eigenvalue weighted by Crippen LogP contribution is -2.30. The number of carboxylic acids is 1. The van der Waals surface area contributed by atoms with E-state index in [1.807, 2.05) is 48.7 Å². The minimum absolute atomic E-state index is 0.211. The molecule has 2 aliphatic rings. The number of carboxylic acid groups (broad SMARTS) is 1. The van der Waals surface area contributed by atoms with Crippen molar-refractivity contribution in [3.8, 4) is 0 Å². The van der Waals surface area contributed by atoms with Gasteiger partial charge in [0.05, 0.1) is 17.8 Å². The zero-order chi connectivity index (χ0) is 18.6. The third-order valence-corrected chi connectivity index (χ3v) is 5.54. The standard InChI is InChI=1S/C22H23NO4/c24-22(25)17-8-6-15(7-9-17)12-18-19(21-11-10-20(18)27-21)13-23-26-14-16-4-2-1-3-5-16/h1-9,13,18-21H,10-12,14H2,(H,24,25)/b23-13+. The summed E-state index contributed by atoms with van der Waals surface area (Å²) in [7, 11) is 0. The summed E-state index contributed by atoms with van der Waals surface area (Å²) in [5.74, 6) is -0.312. The minimum atomic E-state index is -0.898. The maximum Gasteiger partial charge on any atom is 0.335 e. The molecule has 0 radical (unpaired) electrons. The van der Waals surface area contributed by atoms with Gasteiger partial charge < -0.3 is 14.7 Å². The van der Waals surface area contributed by atoms with Crippen molar-refractivity contribution in [2.75, 3.05) is 0 Å². The Morgan fingerprint density at radius 2 is 1.81 bits per heavy atom. The van der Waals surface area contributed by atoms with Crippen LogP contribution >= 0.6 is 0 Å². The normalized spacial score (nSPS) is 26.5. The number of fused-ring (bicyclic) bond motifs is 2. The van der Waals surface area contributed by atoms with Crippen molar-refractivity contribution < 1.29 is 19.5 Å². The van der Waals surface area contributed by atoms with Crippen LogP contribution in [-0.4, -0.2) is 29.5 Å². The number of ether oxygens (including phenoxy) is 1. The molecule has 5 nitrogen and oxygen atoms in total. The lowest BCUT2D eigenvalue weighted by molar-refractivity contribution is 0.0696. The van der Waals surface area contributed by atoms with Crippen LogP contribution < -0.4 is 0 Å². The molecule has 1 N–H and O–H groups in total. The molecule has 0 saturated carbocycles. The predicted octanol–water partition coefficient (Wildman–Crippen LogP) is 3.92. The minimum Gasteiger partial charge on any atom is -0.478 e. The molecule has 5 heteroatoms. The lowest BCUT2D eigenvalue weighted by atomic mass is 9.77. The van der Waals surface area contributed by atoms with Gasteiger partial charge in [0.2, 0.25) is 0 Å². The van der Waals surface area contributed by atoms with Crippen molar-refractivity contribution >= 4 is 12.2 Å². The molecule has 0 spiro atoms. The van der Waals surface area contributed by atoms with Gasteiger partial charge in [0.15, 0.2) is 0 Å². The van der Waals surface area contributed by atoms with Crippen molar-refractivity contribution in [2.45, 2.75) is 38.1 Å². The van der Waals surface area contributed by atoms with E-state index in [0.717, 1.165) is 30.4 Å². The predicted molar refractivity (Wildman–Crippen MR) is 102 cm³/mol. The van der Waals surface area contributed by atoms with Gasteiger partial charge in [0, 0.05) is 12.1 Å². The zero-order valence-electron chi connectivity index (χ0n) is 15.0. The van der Waals surface area contributed by atoms with Crippen LogP contribution in [0, 0.1) is 11.8 Å². The van der Waals surface area contributed by atoms with Gasteiger partial charge in [-0.05, 0) is 48.4 Å². The average Bonchev–Trinajstić information content (AvgIpc) is 3.29. The molecule has 2 aromatic carbocycles. The zero-order valence-corrected chi connectivity index (χ0v) is 15.0. The SMILES string of the molecule is O=C(O)c1ccc(CC2C3CCC(O3)C2/C=N/OCc2ccccc2)cc1. The molecule has 2 heterocycles. The summed E-state index contributed by atoms with van der Waals surface area (Å²) >= 11 is 0. The molecular weight excluding hydrogens is 342 g/mol. The van der Waals surface area contributed by atoms with Gasteiger partial charge in [-0.1, -0.05) is 47.6 Å². The first-order chi connectivity index (χ1) is 13.2. The number of oxime groups is 1. The molecule has 0 amide bonds. The molecule has 4 atom stereocenters. The second-order valence-corrected chi connectivity index (χ2v) is 7.25. The molecule has 2 fully saturated rings. The third kappa shape index (κ3) is 4.03. The highest BCUT2D eigenvalue weighted by molar-refractivity contribution is 5.87. The van der Waals surface area contributed by atoms with E-state index >= 15 is 0 Å². The largest absolute Gasteiger partial charge is 0.478 e. The first kappa shape index (κ1) is 17.7. The maximum absolute atomic E-state index is 11.0. The number of hydrogen-bond acceptors (Lipinski definition) is 4. The highest BCUT2D eigenvalue weighted by Crippen LogP contribution is 2.44. The summed E-state index contributed by atoms with van der Waals surface area (Å²) in [6.45, 7) is 0.459. The van der Waals surface area contributed by atoms with Gasteiger partial charge in [-0.15, -0.1) is 0 Å². The van der Waals surface area contributed by atoms with Crippen LogP contribution in [0.15, 0.2) is 59.8 Å². The van der Waals surface area contributed by atoms with Crippen LogP contribution in [0.5, 0.6) is 0 Å². The van der Waals surface area contributed by atoms with Crippen LogP contribution in [0.2, 0.25) is 0 Å². The van der Waals surface area contributed by atoms with Crippen LogP contribution in [0.1, 0.15) is 34.3 Å². The first-order valence-electron chi connectivity index (χ1n) is 9.38. The van der Waals surface area contributed by atoms with Gasteiger partial charge in [0.25, 0.3) is 0 Å². The molecule has 2 aromatic rings. The smallest absolute Gasteiger partial charge is 0.335 e. The number of benzene rings is 2. The number of hydrogen-bond donors (Lipinski definition) is 1. The van der Waals surface area contributed by atoms with E-state index in [1.165, 1.54) is 0 Å². The third-order valence-electron chi connectivity index (χ3n) is 5.54. The molecule has 27 heavy (non-hydrogen) atoms. The summed E-state index contributed by atoms with van der Waals surface area (Å²) in [6, 6.07) is 17.1. The number of carbonyl (C=O) groups is 1. The second kappa shape index (κ2) is 7.92. The Balaban J connectivity index is 1.38. The van der Waals surface area contributed by atoms with Gasteiger partial charge in [-0.2, -0.15) is 0 Å². The monoisotopic (exact) mass is 365 g/mol. The van der Waals surface area contributed by atoms with E-state index in [9.17, 15) is 4.79 Å². The van der Waals surface area contributed by atoms with Crippen molar-refractivity contribution in [1.29, 1.82) is 0 Å². The van der Waals surface area contributed by atoms with Crippen molar-refractivity contribution in [1.82, 2.24) is 0 Å². The summed E-state index contributed by atoms with van der Waals surface area (Å²) in [5, 5.41) is 13.3. The summed E-state index contributed by atoms with van der Waals surface area (Å²) in [6.07, 6.45) is 5.37. The molecule has 2 aliphatic heterocycles. The molecule has 0 aliphatic carbocycles. The van der Waals surface area contributed by atoms with E-state index < -0.39 is 5.97 Å². The summed E-state index contributed by atoms with van der Waals surface area (Å²) < 4.78 is 6.11. The highest BCUT2D eigenvalue weighted by Gasteiger charge is 2.48. The second-order valence-electron chi connectivity index (χ2n) is 7.25. The van der Waals surface area contributed by atoms with E-state index in [4.69, 9.17) is 14.7 Å². The molecule has 4 rings (SSSR count). The fourth-order valence-corrected chi connectivity index (χ4v) is 4.14. The molecule has 140 valence electrons. The quantitative estimate of drug-likeness (QED) is 0.596.